The summed E-state index contributed by atoms with van der Waals surface area (Å²) in [6.45, 7) is 1.42. The third kappa shape index (κ3) is 4.12. The number of nitrogens with one attached hydrogen (secondary N) is 1. The minimum atomic E-state index is -1.12. The maximum absolute atomic E-state index is 12.4. The van der Waals surface area contributed by atoms with E-state index >= 15 is 0 Å². The number of esters is 2. The van der Waals surface area contributed by atoms with Gasteiger partial charge in [0.15, 0.2) is 11.8 Å². The molecule has 8 nitrogen and oxygen atoms in total. The second-order valence-electron chi connectivity index (χ2n) is 5.82. The molecule has 1 amide bonds. The summed E-state index contributed by atoms with van der Waals surface area (Å²) in [7, 11) is 1.25. The van der Waals surface area contributed by atoms with Gasteiger partial charge in [-0.05, 0) is 31.2 Å². The van der Waals surface area contributed by atoms with Crippen LogP contribution in [0.1, 0.15) is 27.8 Å². The number of hydrogen-bond donors (Lipinski definition) is 1. The van der Waals surface area contributed by atoms with E-state index in [1.165, 1.54) is 26.3 Å². The Morgan fingerprint density at radius 3 is 2.39 bits per heavy atom. The van der Waals surface area contributed by atoms with E-state index in [4.69, 9.17) is 4.74 Å². The van der Waals surface area contributed by atoms with Crippen molar-refractivity contribution >= 4 is 34.6 Å². The Labute approximate surface area is 160 Å². The van der Waals surface area contributed by atoms with Crippen LogP contribution in [0.4, 0.5) is 5.69 Å². The van der Waals surface area contributed by atoms with Crippen molar-refractivity contribution < 1.29 is 23.9 Å². The molecule has 1 heterocycles. The van der Waals surface area contributed by atoms with Gasteiger partial charge in [0, 0.05) is 0 Å². The van der Waals surface area contributed by atoms with Gasteiger partial charge in [-0.25, -0.2) is 14.6 Å². The van der Waals surface area contributed by atoms with Gasteiger partial charge in [-0.1, -0.05) is 24.3 Å². The van der Waals surface area contributed by atoms with Gasteiger partial charge in [0.25, 0.3) is 5.91 Å². The molecule has 0 saturated heterocycles. The third-order valence-electron chi connectivity index (χ3n) is 3.90. The summed E-state index contributed by atoms with van der Waals surface area (Å²) in [5, 5.41) is 2.56. The molecule has 0 aliphatic heterocycles. The topological polar surface area (TPSA) is 107 Å². The van der Waals surface area contributed by atoms with Gasteiger partial charge < -0.3 is 14.8 Å². The number of nitrogens with zero attached hydrogens (tertiary/aromatic N) is 2. The number of anilines is 1. The molecule has 0 radical (unpaired) electrons. The van der Waals surface area contributed by atoms with Crippen molar-refractivity contribution in [1.82, 2.24) is 9.97 Å². The molecule has 0 bridgehead atoms. The number of carbonyl (C=O) groups excluding carboxylic acids is 3. The van der Waals surface area contributed by atoms with Crippen LogP contribution in [0.3, 0.4) is 0 Å². The van der Waals surface area contributed by atoms with Gasteiger partial charge in [-0.2, -0.15) is 0 Å². The number of ether oxygens (including phenoxy) is 2. The highest BCUT2D eigenvalue weighted by molar-refractivity contribution is 6.03. The lowest BCUT2D eigenvalue weighted by Crippen LogP contribution is -2.30. The quantitative estimate of drug-likeness (QED) is 0.679. The lowest BCUT2D eigenvalue weighted by Gasteiger charge is -2.15. The fourth-order valence-electron chi connectivity index (χ4n) is 2.44. The van der Waals surface area contributed by atoms with E-state index in [0.717, 1.165) is 0 Å². The molecule has 0 aliphatic rings. The first-order chi connectivity index (χ1) is 13.5. The van der Waals surface area contributed by atoms with Crippen molar-refractivity contribution in [3.05, 3.63) is 66.0 Å². The predicted octanol–water partition coefficient (Wildman–Crippen LogP) is 2.60. The van der Waals surface area contributed by atoms with Crippen LogP contribution < -0.4 is 5.32 Å². The average Bonchev–Trinajstić information content (AvgIpc) is 2.73. The average molecular weight is 379 g/mol. The van der Waals surface area contributed by atoms with E-state index in [1.54, 1.807) is 36.4 Å². The Balaban J connectivity index is 1.70. The van der Waals surface area contributed by atoms with Crippen LogP contribution >= 0.6 is 0 Å². The monoisotopic (exact) mass is 379 g/mol. The van der Waals surface area contributed by atoms with Gasteiger partial charge in [0.2, 0.25) is 0 Å². The second kappa shape index (κ2) is 8.26. The molecule has 1 atom stereocenters. The number of amides is 1. The normalized spacial score (nSPS) is 11.5. The van der Waals surface area contributed by atoms with E-state index in [1.807, 2.05) is 6.07 Å². The van der Waals surface area contributed by atoms with Crippen molar-refractivity contribution in [3.8, 4) is 0 Å². The van der Waals surface area contributed by atoms with E-state index in [-0.39, 0.29) is 16.9 Å². The molecular weight excluding hydrogens is 362 g/mol. The number of benzene rings is 2. The summed E-state index contributed by atoms with van der Waals surface area (Å²) < 4.78 is 9.86. The zero-order chi connectivity index (χ0) is 20.1. The number of aromatic nitrogens is 2. The predicted molar refractivity (Wildman–Crippen MR) is 101 cm³/mol. The smallest absolute Gasteiger partial charge is 0.359 e. The zero-order valence-corrected chi connectivity index (χ0v) is 15.2. The van der Waals surface area contributed by atoms with Crippen molar-refractivity contribution in [3.63, 3.8) is 0 Å². The number of rotatable bonds is 5. The van der Waals surface area contributed by atoms with E-state index in [9.17, 15) is 14.4 Å². The first-order valence-corrected chi connectivity index (χ1v) is 8.40. The molecule has 1 unspecified atom stereocenters. The Morgan fingerprint density at radius 2 is 1.64 bits per heavy atom. The molecule has 142 valence electrons. The van der Waals surface area contributed by atoms with Crippen LogP contribution in [0, 0.1) is 0 Å². The summed E-state index contributed by atoms with van der Waals surface area (Å²) >= 11 is 0. The summed E-state index contributed by atoms with van der Waals surface area (Å²) in [6, 6.07) is 13.4. The molecule has 0 aliphatic carbocycles. The van der Waals surface area contributed by atoms with Crippen molar-refractivity contribution in [2.24, 2.45) is 0 Å². The molecule has 8 heteroatoms. The molecule has 0 saturated carbocycles. The summed E-state index contributed by atoms with van der Waals surface area (Å²) in [5.41, 5.74) is 1.63. The first-order valence-electron chi connectivity index (χ1n) is 8.40. The number of carbonyl (C=O) groups is 3. The highest BCUT2D eigenvalue weighted by Gasteiger charge is 2.22. The summed E-state index contributed by atoms with van der Waals surface area (Å²) in [5.74, 6) is -1.97. The molecule has 28 heavy (non-hydrogen) atoms. The fraction of sp³-hybridized carbons (Fsp3) is 0.150. The first kappa shape index (κ1) is 19.0. The SMILES string of the molecule is COC(=O)c1ccccc1NC(=O)C(C)OC(=O)c1cnc2ccccc2n1. The molecule has 1 aromatic heterocycles. The highest BCUT2D eigenvalue weighted by Crippen LogP contribution is 2.17. The van der Waals surface area contributed by atoms with Crippen molar-refractivity contribution in [1.29, 1.82) is 0 Å². The lowest BCUT2D eigenvalue weighted by molar-refractivity contribution is -0.123. The molecule has 0 fully saturated rings. The highest BCUT2D eigenvalue weighted by atomic mass is 16.5. The minimum absolute atomic E-state index is 0.00619. The van der Waals surface area contributed by atoms with Gasteiger partial charge >= 0.3 is 11.9 Å². The van der Waals surface area contributed by atoms with Crippen LogP contribution in [0.5, 0.6) is 0 Å². The Kier molecular flexibility index (Phi) is 5.59. The van der Waals surface area contributed by atoms with E-state index < -0.39 is 23.9 Å². The minimum Gasteiger partial charge on any atom is -0.465 e. The van der Waals surface area contributed by atoms with E-state index in [0.29, 0.717) is 11.0 Å². The van der Waals surface area contributed by atoms with Crippen LogP contribution in [-0.2, 0) is 14.3 Å². The van der Waals surface area contributed by atoms with Crippen LogP contribution in [0.25, 0.3) is 11.0 Å². The molecule has 3 aromatic rings. The molecular formula is C20H17N3O5. The van der Waals surface area contributed by atoms with Gasteiger partial charge in [0.1, 0.15) is 0 Å². The van der Waals surface area contributed by atoms with Crippen LogP contribution in [-0.4, -0.2) is 41.0 Å². The number of methoxy groups -OCH3 is 1. The standard InChI is InChI=1S/C20H17N3O5/c1-12(18(24)23-14-8-4-3-7-13(14)19(25)27-2)28-20(26)17-11-21-15-9-5-6-10-16(15)22-17/h3-12H,1-2H3,(H,23,24). The number of fused-ring (bicyclic) bond motifs is 1. The third-order valence-corrected chi connectivity index (χ3v) is 3.90. The summed E-state index contributed by atoms with van der Waals surface area (Å²) in [4.78, 5) is 44.8. The van der Waals surface area contributed by atoms with E-state index in [2.05, 4.69) is 20.0 Å². The van der Waals surface area contributed by atoms with Crippen LogP contribution in [0.15, 0.2) is 54.7 Å². The Morgan fingerprint density at radius 1 is 0.964 bits per heavy atom. The summed E-state index contributed by atoms with van der Waals surface area (Å²) in [6.07, 6.45) is 0.174. The molecule has 1 N–H and O–H groups in total. The zero-order valence-electron chi connectivity index (χ0n) is 15.2. The molecule has 2 aromatic carbocycles. The van der Waals surface area contributed by atoms with Gasteiger partial charge in [-0.15, -0.1) is 0 Å². The Bertz CT molecular complexity index is 1050. The lowest BCUT2D eigenvalue weighted by atomic mass is 10.1. The van der Waals surface area contributed by atoms with Gasteiger partial charge in [0.05, 0.1) is 35.6 Å². The van der Waals surface area contributed by atoms with Crippen LogP contribution in [0.2, 0.25) is 0 Å². The van der Waals surface area contributed by atoms with Crippen molar-refractivity contribution in [2.45, 2.75) is 13.0 Å². The molecule has 3 rings (SSSR count). The maximum Gasteiger partial charge on any atom is 0.359 e. The fourth-order valence-corrected chi connectivity index (χ4v) is 2.44. The second-order valence-corrected chi connectivity index (χ2v) is 5.82. The molecule has 0 spiro atoms. The number of hydrogen-bond acceptors (Lipinski definition) is 7. The van der Waals surface area contributed by atoms with Gasteiger partial charge in [-0.3, -0.25) is 9.78 Å². The number of para-hydroxylation sites is 3. The Hall–Kier alpha value is -3.81. The van der Waals surface area contributed by atoms with Crippen molar-refractivity contribution in [2.75, 3.05) is 12.4 Å². The maximum atomic E-state index is 12.4. The largest absolute Gasteiger partial charge is 0.465 e.